The molecule has 1 aliphatic carbocycles. The molecule has 60 valence electrons. The summed E-state index contributed by atoms with van der Waals surface area (Å²) in [4.78, 5) is 10.4. The maximum Gasteiger partial charge on any atom is 0.331 e. The molecule has 0 heterocycles. The predicted octanol–water partition coefficient (Wildman–Crippen LogP) is 1.01. The SMILES string of the molecule is O=C(O)C1=CC(=NO)CCC1. The van der Waals surface area contributed by atoms with E-state index in [1.807, 2.05) is 0 Å². The van der Waals surface area contributed by atoms with Gasteiger partial charge in [-0.05, 0) is 25.3 Å². The van der Waals surface area contributed by atoms with Crippen LogP contribution in [0.4, 0.5) is 0 Å². The predicted molar refractivity (Wildman–Crippen MR) is 38.8 cm³/mol. The van der Waals surface area contributed by atoms with E-state index in [2.05, 4.69) is 5.16 Å². The zero-order valence-electron chi connectivity index (χ0n) is 5.95. The Balaban J connectivity index is 2.81. The van der Waals surface area contributed by atoms with E-state index < -0.39 is 5.97 Å². The molecule has 2 N–H and O–H groups in total. The molecule has 1 aliphatic rings. The first-order valence-electron chi connectivity index (χ1n) is 3.39. The van der Waals surface area contributed by atoms with Crippen molar-refractivity contribution < 1.29 is 15.1 Å². The second-order valence-electron chi connectivity index (χ2n) is 2.42. The van der Waals surface area contributed by atoms with Gasteiger partial charge in [0.15, 0.2) is 0 Å². The Morgan fingerprint density at radius 3 is 2.82 bits per heavy atom. The largest absolute Gasteiger partial charge is 0.478 e. The molecule has 0 aromatic rings. The Morgan fingerprint density at radius 1 is 1.55 bits per heavy atom. The lowest BCUT2D eigenvalue weighted by Crippen LogP contribution is -2.09. The van der Waals surface area contributed by atoms with Crippen LogP contribution in [0, 0.1) is 0 Å². The molecular weight excluding hydrogens is 146 g/mol. The van der Waals surface area contributed by atoms with Gasteiger partial charge in [-0.15, -0.1) is 0 Å². The van der Waals surface area contributed by atoms with Crippen LogP contribution < -0.4 is 0 Å². The average Bonchev–Trinajstić information content (AvgIpc) is 2.05. The first-order chi connectivity index (χ1) is 5.24. The number of carbonyl (C=O) groups is 1. The van der Waals surface area contributed by atoms with Crippen LogP contribution in [0.15, 0.2) is 16.8 Å². The van der Waals surface area contributed by atoms with Crippen molar-refractivity contribution in [2.45, 2.75) is 19.3 Å². The van der Waals surface area contributed by atoms with Crippen LogP contribution >= 0.6 is 0 Å². The van der Waals surface area contributed by atoms with Crippen LogP contribution in [0.2, 0.25) is 0 Å². The molecule has 0 aromatic carbocycles. The molecule has 0 aromatic heterocycles. The molecule has 0 saturated heterocycles. The number of carboxylic acid groups (broad SMARTS) is 1. The fourth-order valence-corrected chi connectivity index (χ4v) is 1.05. The van der Waals surface area contributed by atoms with Gasteiger partial charge in [0.2, 0.25) is 0 Å². The fraction of sp³-hybridized carbons (Fsp3) is 0.429. The quantitative estimate of drug-likeness (QED) is 0.438. The lowest BCUT2D eigenvalue weighted by molar-refractivity contribution is -0.132. The minimum Gasteiger partial charge on any atom is -0.478 e. The number of hydrogen-bond donors (Lipinski definition) is 2. The third-order valence-corrected chi connectivity index (χ3v) is 1.62. The first kappa shape index (κ1) is 7.78. The molecule has 0 atom stereocenters. The zero-order valence-corrected chi connectivity index (χ0v) is 5.95. The minimum absolute atomic E-state index is 0.323. The van der Waals surface area contributed by atoms with Gasteiger partial charge in [0.1, 0.15) is 0 Å². The van der Waals surface area contributed by atoms with E-state index in [-0.39, 0.29) is 0 Å². The maximum absolute atomic E-state index is 10.4. The van der Waals surface area contributed by atoms with Gasteiger partial charge in [-0.2, -0.15) is 0 Å². The topological polar surface area (TPSA) is 69.9 Å². The van der Waals surface area contributed by atoms with E-state index in [9.17, 15) is 4.79 Å². The highest BCUT2D eigenvalue weighted by Gasteiger charge is 2.13. The molecular formula is C7H9NO3. The van der Waals surface area contributed by atoms with E-state index in [1.165, 1.54) is 6.08 Å². The van der Waals surface area contributed by atoms with E-state index in [0.29, 0.717) is 24.1 Å². The van der Waals surface area contributed by atoms with Crippen molar-refractivity contribution in [1.29, 1.82) is 0 Å². The highest BCUT2D eigenvalue weighted by molar-refractivity contribution is 6.02. The summed E-state index contributed by atoms with van der Waals surface area (Å²) in [6, 6.07) is 0. The van der Waals surface area contributed by atoms with Crippen LogP contribution in [0.5, 0.6) is 0 Å². The molecule has 4 heteroatoms. The Hall–Kier alpha value is -1.32. The molecule has 0 radical (unpaired) electrons. The third-order valence-electron chi connectivity index (χ3n) is 1.62. The first-order valence-corrected chi connectivity index (χ1v) is 3.39. The standard InChI is InChI=1S/C7H9NO3/c9-7(10)5-2-1-3-6(4-5)8-11/h4,11H,1-3H2,(H,9,10). The molecule has 0 aliphatic heterocycles. The summed E-state index contributed by atoms with van der Waals surface area (Å²) >= 11 is 0. The van der Waals surface area contributed by atoms with Gasteiger partial charge in [0.25, 0.3) is 0 Å². The van der Waals surface area contributed by atoms with Gasteiger partial charge in [0, 0.05) is 5.57 Å². The maximum atomic E-state index is 10.4. The second kappa shape index (κ2) is 3.18. The minimum atomic E-state index is -0.925. The molecule has 4 nitrogen and oxygen atoms in total. The molecule has 1 rings (SSSR count). The van der Waals surface area contributed by atoms with Crippen molar-refractivity contribution in [1.82, 2.24) is 0 Å². The Bertz CT molecular complexity index is 230. The number of hydrogen-bond acceptors (Lipinski definition) is 3. The van der Waals surface area contributed by atoms with Gasteiger partial charge in [-0.1, -0.05) is 5.16 Å². The van der Waals surface area contributed by atoms with Gasteiger partial charge >= 0.3 is 5.97 Å². The number of rotatable bonds is 1. The zero-order chi connectivity index (χ0) is 8.27. The summed E-state index contributed by atoms with van der Waals surface area (Å²) in [6.45, 7) is 0. The van der Waals surface area contributed by atoms with Crippen molar-refractivity contribution >= 4 is 11.7 Å². The third kappa shape index (κ3) is 1.80. The van der Waals surface area contributed by atoms with Crippen LogP contribution in [0.25, 0.3) is 0 Å². The van der Waals surface area contributed by atoms with Crippen molar-refractivity contribution in [2.75, 3.05) is 0 Å². The number of nitrogens with zero attached hydrogens (tertiary/aromatic N) is 1. The summed E-state index contributed by atoms with van der Waals surface area (Å²) < 4.78 is 0. The highest BCUT2D eigenvalue weighted by Crippen LogP contribution is 2.15. The second-order valence-corrected chi connectivity index (χ2v) is 2.42. The van der Waals surface area contributed by atoms with Gasteiger partial charge < -0.3 is 10.3 Å². The van der Waals surface area contributed by atoms with Crippen molar-refractivity contribution in [3.8, 4) is 0 Å². The Morgan fingerprint density at radius 2 is 2.27 bits per heavy atom. The molecule has 0 spiro atoms. The fourth-order valence-electron chi connectivity index (χ4n) is 1.05. The summed E-state index contributed by atoms with van der Waals surface area (Å²) in [5.41, 5.74) is 0.776. The van der Waals surface area contributed by atoms with Gasteiger partial charge in [-0.25, -0.2) is 4.79 Å². The summed E-state index contributed by atoms with van der Waals surface area (Å²) in [5.74, 6) is -0.925. The molecule has 0 fully saturated rings. The smallest absolute Gasteiger partial charge is 0.331 e. The van der Waals surface area contributed by atoms with Crippen molar-refractivity contribution in [3.05, 3.63) is 11.6 Å². The van der Waals surface area contributed by atoms with Crippen LogP contribution in [0.1, 0.15) is 19.3 Å². The molecule has 0 amide bonds. The highest BCUT2D eigenvalue weighted by atomic mass is 16.4. The summed E-state index contributed by atoms with van der Waals surface area (Å²) in [5, 5.41) is 19.8. The van der Waals surface area contributed by atoms with Crippen LogP contribution in [-0.4, -0.2) is 22.0 Å². The van der Waals surface area contributed by atoms with E-state index >= 15 is 0 Å². The molecule has 11 heavy (non-hydrogen) atoms. The number of aliphatic carboxylic acids is 1. The van der Waals surface area contributed by atoms with Crippen LogP contribution in [0.3, 0.4) is 0 Å². The Kier molecular flexibility index (Phi) is 2.25. The van der Waals surface area contributed by atoms with Gasteiger partial charge in [0.05, 0.1) is 5.71 Å². The number of oxime groups is 1. The Labute approximate surface area is 63.8 Å². The normalized spacial score (nSPS) is 21.5. The lowest BCUT2D eigenvalue weighted by atomic mass is 9.98. The molecule has 0 unspecified atom stereocenters. The van der Waals surface area contributed by atoms with Crippen molar-refractivity contribution in [3.63, 3.8) is 0 Å². The monoisotopic (exact) mass is 155 g/mol. The summed E-state index contributed by atoms with van der Waals surface area (Å²) in [6.07, 6.45) is 3.39. The number of carboxylic acids is 1. The van der Waals surface area contributed by atoms with Crippen molar-refractivity contribution in [2.24, 2.45) is 5.16 Å². The van der Waals surface area contributed by atoms with E-state index in [4.69, 9.17) is 10.3 Å². The van der Waals surface area contributed by atoms with Gasteiger partial charge in [-0.3, -0.25) is 0 Å². The molecule has 0 bridgehead atoms. The van der Waals surface area contributed by atoms with E-state index in [1.54, 1.807) is 0 Å². The van der Waals surface area contributed by atoms with Crippen LogP contribution in [-0.2, 0) is 4.79 Å². The summed E-state index contributed by atoms with van der Waals surface area (Å²) in [7, 11) is 0. The molecule has 0 saturated carbocycles. The average molecular weight is 155 g/mol. The number of allylic oxidation sites excluding steroid dienone is 1. The van der Waals surface area contributed by atoms with E-state index in [0.717, 1.165) is 6.42 Å². The lowest BCUT2D eigenvalue weighted by Gasteiger charge is -2.08.